The van der Waals surface area contributed by atoms with Gasteiger partial charge < -0.3 is 0 Å². The zero-order valence-electron chi connectivity index (χ0n) is 15.1. The summed E-state index contributed by atoms with van der Waals surface area (Å²) in [6.07, 6.45) is 1.96. The normalized spacial score (nSPS) is 11.5. The molecule has 1 heterocycles. The molecule has 0 aliphatic heterocycles. The third-order valence-electron chi connectivity index (χ3n) is 5.15. The van der Waals surface area contributed by atoms with Gasteiger partial charge in [-0.1, -0.05) is 91.0 Å². The van der Waals surface area contributed by atoms with Crippen LogP contribution in [0.4, 0.5) is 0 Å². The van der Waals surface area contributed by atoms with E-state index in [2.05, 4.69) is 110 Å². The molecule has 0 saturated heterocycles. The molecule has 0 aliphatic carbocycles. The lowest BCUT2D eigenvalue weighted by Crippen LogP contribution is -2.39. The van der Waals surface area contributed by atoms with Gasteiger partial charge in [-0.05, 0) is 36.1 Å². The molecule has 0 fully saturated rings. The van der Waals surface area contributed by atoms with Crippen LogP contribution in [0, 0.1) is 13.8 Å². The predicted molar refractivity (Wildman–Crippen MR) is 106 cm³/mol. The van der Waals surface area contributed by atoms with E-state index < -0.39 is 5.54 Å². The van der Waals surface area contributed by atoms with Crippen LogP contribution in [-0.4, -0.2) is 9.78 Å². The molecule has 0 spiro atoms. The highest BCUT2D eigenvalue weighted by Gasteiger charge is 2.40. The van der Waals surface area contributed by atoms with Gasteiger partial charge in [0.2, 0.25) is 0 Å². The van der Waals surface area contributed by atoms with Crippen LogP contribution in [0.3, 0.4) is 0 Å². The second-order valence-electron chi connectivity index (χ2n) is 6.63. The second-order valence-corrected chi connectivity index (χ2v) is 6.63. The molecule has 0 saturated carbocycles. The summed E-state index contributed by atoms with van der Waals surface area (Å²) in [5, 5.41) is 4.83. The Morgan fingerprint density at radius 2 is 1.00 bits per heavy atom. The van der Waals surface area contributed by atoms with Crippen molar-refractivity contribution in [3.63, 3.8) is 0 Å². The number of rotatable bonds is 4. The van der Waals surface area contributed by atoms with Gasteiger partial charge in [0, 0.05) is 5.69 Å². The van der Waals surface area contributed by atoms with E-state index >= 15 is 0 Å². The van der Waals surface area contributed by atoms with E-state index in [1.165, 1.54) is 27.9 Å². The molecule has 2 nitrogen and oxygen atoms in total. The van der Waals surface area contributed by atoms with Crippen molar-refractivity contribution in [3.8, 4) is 0 Å². The summed E-state index contributed by atoms with van der Waals surface area (Å²) in [5.41, 5.74) is 5.44. The van der Waals surface area contributed by atoms with E-state index in [4.69, 9.17) is 5.10 Å². The van der Waals surface area contributed by atoms with Crippen LogP contribution in [0.2, 0.25) is 0 Å². The maximum atomic E-state index is 4.83. The quantitative estimate of drug-likeness (QED) is 0.459. The lowest BCUT2D eigenvalue weighted by Gasteiger charge is -2.37. The lowest BCUT2D eigenvalue weighted by molar-refractivity contribution is 0.449. The molecule has 0 atom stereocenters. The molecular weight excluding hydrogens is 316 g/mol. The SMILES string of the molecule is Cc1cnn(C(c2ccccc2)(c2ccccc2)c2ccccc2)c1C. The minimum absolute atomic E-state index is 0.512. The van der Waals surface area contributed by atoms with Crippen LogP contribution in [0.15, 0.2) is 97.2 Å². The highest BCUT2D eigenvalue weighted by atomic mass is 15.3. The van der Waals surface area contributed by atoms with Crippen LogP contribution in [0.25, 0.3) is 0 Å². The smallest absolute Gasteiger partial charge is 0.138 e. The van der Waals surface area contributed by atoms with Crippen LogP contribution in [-0.2, 0) is 5.54 Å². The van der Waals surface area contributed by atoms with Gasteiger partial charge in [-0.3, -0.25) is 0 Å². The Hall–Kier alpha value is -3.13. The van der Waals surface area contributed by atoms with Gasteiger partial charge >= 0.3 is 0 Å². The summed E-state index contributed by atoms with van der Waals surface area (Å²) in [4.78, 5) is 0. The van der Waals surface area contributed by atoms with Gasteiger partial charge in [-0.2, -0.15) is 5.10 Å². The van der Waals surface area contributed by atoms with E-state index in [0.717, 1.165) is 0 Å². The zero-order chi connectivity index (χ0) is 18.0. The van der Waals surface area contributed by atoms with Crippen LogP contribution in [0.1, 0.15) is 27.9 Å². The predicted octanol–water partition coefficient (Wildman–Crippen LogP) is 5.34. The molecule has 2 heteroatoms. The highest BCUT2D eigenvalue weighted by molar-refractivity contribution is 5.51. The first-order chi connectivity index (χ1) is 12.7. The zero-order valence-corrected chi connectivity index (χ0v) is 15.1. The van der Waals surface area contributed by atoms with E-state index in [9.17, 15) is 0 Å². The third-order valence-corrected chi connectivity index (χ3v) is 5.15. The Kier molecular flexibility index (Phi) is 4.18. The molecule has 4 aromatic rings. The number of benzene rings is 3. The van der Waals surface area contributed by atoms with Gasteiger partial charge in [0.05, 0.1) is 6.20 Å². The van der Waals surface area contributed by atoms with E-state index in [0.29, 0.717) is 0 Å². The molecule has 1 aromatic heterocycles. The van der Waals surface area contributed by atoms with Gasteiger partial charge in [0.1, 0.15) is 5.54 Å². The molecular formula is C24H22N2. The first-order valence-electron chi connectivity index (χ1n) is 8.93. The fourth-order valence-corrected chi connectivity index (χ4v) is 3.73. The summed E-state index contributed by atoms with van der Waals surface area (Å²) in [6, 6.07) is 31.9. The molecule has 0 radical (unpaired) electrons. The standard InChI is InChI=1S/C24H22N2/c1-19-18-25-26(20(19)2)24(21-12-6-3-7-13-21,22-14-8-4-9-15-22)23-16-10-5-11-17-23/h3-18H,1-2H3. The molecule has 0 amide bonds. The number of aromatic nitrogens is 2. The van der Waals surface area contributed by atoms with Crippen molar-refractivity contribution in [2.45, 2.75) is 19.4 Å². The summed E-state index contributed by atoms with van der Waals surface area (Å²) in [5.74, 6) is 0. The van der Waals surface area contributed by atoms with E-state index in [-0.39, 0.29) is 0 Å². The molecule has 128 valence electrons. The number of hydrogen-bond donors (Lipinski definition) is 0. The fourth-order valence-electron chi connectivity index (χ4n) is 3.73. The molecule has 4 rings (SSSR count). The van der Waals surface area contributed by atoms with Crippen molar-refractivity contribution in [1.82, 2.24) is 9.78 Å². The molecule has 0 N–H and O–H groups in total. The topological polar surface area (TPSA) is 17.8 Å². The monoisotopic (exact) mass is 338 g/mol. The Balaban J connectivity index is 2.16. The average molecular weight is 338 g/mol. The van der Waals surface area contributed by atoms with Crippen molar-refractivity contribution in [2.75, 3.05) is 0 Å². The summed E-state index contributed by atoms with van der Waals surface area (Å²) in [7, 11) is 0. The fraction of sp³-hybridized carbons (Fsp3) is 0.125. The first-order valence-corrected chi connectivity index (χ1v) is 8.93. The first kappa shape index (κ1) is 16.3. The summed E-state index contributed by atoms with van der Waals surface area (Å²) in [6.45, 7) is 4.26. The summed E-state index contributed by atoms with van der Waals surface area (Å²) < 4.78 is 2.17. The van der Waals surface area contributed by atoms with Crippen molar-refractivity contribution < 1.29 is 0 Å². The minimum Gasteiger partial charge on any atom is -0.250 e. The average Bonchev–Trinajstić information content (AvgIpc) is 3.04. The van der Waals surface area contributed by atoms with Gasteiger partial charge in [-0.25, -0.2) is 4.68 Å². The van der Waals surface area contributed by atoms with Gasteiger partial charge in [0.15, 0.2) is 0 Å². The van der Waals surface area contributed by atoms with Gasteiger partial charge in [0.25, 0.3) is 0 Å². The number of hydrogen-bond acceptors (Lipinski definition) is 1. The maximum absolute atomic E-state index is 4.83. The Morgan fingerprint density at radius 1 is 0.615 bits per heavy atom. The molecule has 0 bridgehead atoms. The Morgan fingerprint density at radius 3 is 1.31 bits per heavy atom. The van der Waals surface area contributed by atoms with Gasteiger partial charge in [-0.15, -0.1) is 0 Å². The largest absolute Gasteiger partial charge is 0.250 e. The second kappa shape index (κ2) is 6.64. The molecule has 0 aliphatic rings. The Bertz CT molecular complexity index is 890. The Labute approximate surface area is 154 Å². The molecule has 3 aromatic carbocycles. The van der Waals surface area contributed by atoms with Crippen molar-refractivity contribution in [2.24, 2.45) is 0 Å². The molecule has 26 heavy (non-hydrogen) atoms. The summed E-state index contributed by atoms with van der Waals surface area (Å²) >= 11 is 0. The van der Waals surface area contributed by atoms with Crippen molar-refractivity contribution >= 4 is 0 Å². The van der Waals surface area contributed by atoms with Crippen LogP contribution < -0.4 is 0 Å². The van der Waals surface area contributed by atoms with Crippen molar-refractivity contribution in [1.29, 1.82) is 0 Å². The van der Waals surface area contributed by atoms with E-state index in [1.54, 1.807) is 0 Å². The lowest BCUT2D eigenvalue weighted by atomic mass is 9.77. The van der Waals surface area contributed by atoms with E-state index in [1.807, 2.05) is 6.20 Å². The highest BCUT2D eigenvalue weighted by Crippen LogP contribution is 2.41. The van der Waals surface area contributed by atoms with Crippen LogP contribution >= 0.6 is 0 Å². The third kappa shape index (κ3) is 2.46. The van der Waals surface area contributed by atoms with Crippen molar-refractivity contribution in [3.05, 3.63) is 125 Å². The maximum Gasteiger partial charge on any atom is 0.138 e. The molecule has 0 unspecified atom stereocenters. The number of nitrogens with zero attached hydrogens (tertiary/aromatic N) is 2. The number of aryl methyl sites for hydroxylation is 1. The van der Waals surface area contributed by atoms with Crippen LogP contribution in [0.5, 0.6) is 0 Å². The minimum atomic E-state index is -0.512.